The lowest BCUT2D eigenvalue weighted by Crippen LogP contribution is -2.23. The number of hydrogen-bond donors (Lipinski definition) is 2. The molecule has 0 unspecified atom stereocenters. The molecule has 5 nitrogen and oxygen atoms in total. The maximum atomic E-state index is 12.1. The van der Waals surface area contributed by atoms with Gasteiger partial charge in [-0.25, -0.2) is 4.98 Å². The summed E-state index contributed by atoms with van der Waals surface area (Å²) >= 11 is 0. The second kappa shape index (κ2) is 8.78. The first-order valence-electron chi connectivity index (χ1n) is 7.84. The molecule has 0 radical (unpaired) electrons. The topological polar surface area (TPSA) is 63.2 Å². The van der Waals surface area contributed by atoms with Crippen LogP contribution < -0.4 is 15.4 Å². The normalized spacial score (nSPS) is 10.2. The fraction of sp³-hybridized carbons (Fsp3) is 0.333. The lowest BCUT2D eigenvalue weighted by Gasteiger charge is -2.08. The molecule has 2 aromatic rings. The van der Waals surface area contributed by atoms with Crippen molar-refractivity contribution in [3.8, 4) is 5.75 Å². The molecule has 1 heterocycles. The lowest BCUT2D eigenvalue weighted by molar-refractivity contribution is 0.0946. The molecule has 5 heteroatoms. The number of carbonyl (C=O) groups excluding carboxylic acids is 1. The summed E-state index contributed by atoms with van der Waals surface area (Å²) < 4.78 is 5.11. The molecule has 0 aliphatic carbocycles. The van der Waals surface area contributed by atoms with Crippen LogP contribution in [0.5, 0.6) is 5.75 Å². The van der Waals surface area contributed by atoms with Gasteiger partial charge in [-0.05, 0) is 36.2 Å². The van der Waals surface area contributed by atoms with Crippen molar-refractivity contribution in [2.45, 2.75) is 26.3 Å². The van der Waals surface area contributed by atoms with E-state index < -0.39 is 0 Å². The summed E-state index contributed by atoms with van der Waals surface area (Å²) in [5, 5.41) is 6.14. The Balaban J connectivity index is 1.84. The molecule has 0 bridgehead atoms. The van der Waals surface area contributed by atoms with Crippen molar-refractivity contribution in [1.82, 2.24) is 10.3 Å². The van der Waals surface area contributed by atoms with E-state index in [1.807, 2.05) is 30.3 Å². The second-order valence-corrected chi connectivity index (χ2v) is 5.24. The number of rotatable bonds is 8. The lowest BCUT2D eigenvalue weighted by atomic mass is 10.2. The van der Waals surface area contributed by atoms with Gasteiger partial charge in [0.1, 0.15) is 11.4 Å². The summed E-state index contributed by atoms with van der Waals surface area (Å²) in [5.41, 5.74) is 2.36. The maximum absolute atomic E-state index is 12.1. The first kappa shape index (κ1) is 16.8. The van der Waals surface area contributed by atoms with Crippen molar-refractivity contribution in [2.75, 3.05) is 19.0 Å². The molecule has 0 aliphatic heterocycles. The third-order valence-corrected chi connectivity index (χ3v) is 3.47. The smallest absolute Gasteiger partial charge is 0.270 e. The van der Waals surface area contributed by atoms with Crippen molar-refractivity contribution in [3.63, 3.8) is 0 Å². The van der Waals surface area contributed by atoms with E-state index in [1.54, 1.807) is 19.4 Å². The molecular formula is C18H23N3O2. The molecule has 0 spiro atoms. The minimum absolute atomic E-state index is 0.180. The Kier molecular flexibility index (Phi) is 6.41. The summed E-state index contributed by atoms with van der Waals surface area (Å²) in [4.78, 5) is 16.3. The van der Waals surface area contributed by atoms with E-state index in [-0.39, 0.29) is 5.91 Å². The van der Waals surface area contributed by atoms with Gasteiger partial charge in [0.15, 0.2) is 0 Å². The Morgan fingerprint density at radius 2 is 1.96 bits per heavy atom. The van der Waals surface area contributed by atoms with Crippen LogP contribution in [-0.2, 0) is 6.54 Å². The van der Waals surface area contributed by atoms with Crippen LogP contribution in [0.25, 0.3) is 0 Å². The Hall–Kier alpha value is -2.56. The fourth-order valence-corrected chi connectivity index (χ4v) is 2.06. The third kappa shape index (κ3) is 5.29. The zero-order valence-electron chi connectivity index (χ0n) is 13.6. The van der Waals surface area contributed by atoms with Gasteiger partial charge in [0.25, 0.3) is 5.91 Å². The Morgan fingerprint density at radius 3 is 2.57 bits per heavy atom. The van der Waals surface area contributed by atoms with Crippen molar-refractivity contribution < 1.29 is 9.53 Å². The maximum Gasteiger partial charge on any atom is 0.270 e. The monoisotopic (exact) mass is 313 g/mol. The summed E-state index contributed by atoms with van der Waals surface area (Å²) in [5.74, 6) is 0.619. The van der Waals surface area contributed by atoms with E-state index in [0.29, 0.717) is 12.2 Å². The average molecular weight is 313 g/mol. The third-order valence-electron chi connectivity index (χ3n) is 3.47. The molecule has 1 aromatic carbocycles. The van der Waals surface area contributed by atoms with Gasteiger partial charge in [0, 0.05) is 13.1 Å². The highest BCUT2D eigenvalue weighted by molar-refractivity contribution is 5.92. The highest BCUT2D eigenvalue weighted by Gasteiger charge is 2.06. The van der Waals surface area contributed by atoms with E-state index in [9.17, 15) is 4.79 Å². The van der Waals surface area contributed by atoms with E-state index in [2.05, 4.69) is 22.5 Å². The standard InChI is InChI=1S/C18H23N3O2/c1-3-4-11-19-15-7-10-17(20-13-15)18(22)21-12-14-5-8-16(23-2)9-6-14/h5-10,13,19H,3-4,11-12H2,1-2H3,(H,21,22). The molecule has 0 atom stereocenters. The van der Waals surface area contributed by atoms with E-state index in [1.165, 1.54) is 0 Å². The second-order valence-electron chi connectivity index (χ2n) is 5.24. The molecule has 1 aromatic heterocycles. The van der Waals surface area contributed by atoms with Gasteiger partial charge < -0.3 is 15.4 Å². The Bertz CT molecular complexity index is 609. The summed E-state index contributed by atoms with van der Waals surface area (Å²) in [6.07, 6.45) is 3.95. The van der Waals surface area contributed by atoms with Gasteiger partial charge in [-0.3, -0.25) is 4.79 Å². The molecule has 0 saturated carbocycles. The highest BCUT2D eigenvalue weighted by atomic mass is 16.5. The molecular weight excluding hydrogens is 290 g/mol. The number of aromatic nitrogens is 1. The van der Waals surface area contributed by atoms with Crippen molar-refractivity contribution in [3.05, 3.63) is 53.9 Å². The number of methoxy groups -OCH3 is 1. The number of ether oxygens (including phenoxy) is 1. The van der Waals surface area contributed by atoms with Crippen LogP contribution in [0.15, 0.2) is 42.6 Å². The number of pyridine rings is 1. The van der Waals surface area contributed by atoms with Crippen LogP contribution in [0.4, 0.5) is 5.69 Å². The first-order chi connectivity index (χ1) is 11.2. The zero-order valence-corrected chi connectivity index (χ0v) is 13.6. The van der Waals surface area contributed by atoms with Gasteiger partial charge in [-0.1, -0.05) is 25.5 Å². The number of unbranched alkanes of at least 4 members (excludes halogenated alkanes) is 1. The fourth-order valence-electron chi connectivity index (χ4n) is 2.06. The number of benzene rings is 1. The van der Waals surface area contributed by atoms with Crippen LogP contribution in [0.1, 0.15) is 35.8 Å². The zero-order chi connectivity index (χ0) is 16.5. The number of nitrogens with zero attached hydrogens (tertiary/aromatic N) is 1. The predicted octanol–water partition coefficient (Wildman–Crippen LogP) is 3.23. The van der Waals surface area contributed by atoms with Crippen LogP contribution in [0, 0.1) is 0 Å². The molecule has 2 rings (SSSR count). The highest BCUT2D eigenvalue weighted by Crippen LogP contribution is 2.11. The Morgan fingerprint density at radius 1 is 1.17 bits per heavy atom. The average Bonchev–Trinajstić information content (AvgIpc) is 2.61. The van der Waals surface area contributed by atoms with E-state index in [4.69, 9.17) is 4.74 Å². The number of nitrogens with one attached hydrogen (secondary N) is 2. The summed E-state index contributed by atoms with van der Waals surface area (Å²) in [7, 11) is 1.63. The van der Waals surface area contributed by atoms with Crippen LogP contribution >= 0.6 is 0 Å². The number of hydrogen-bond acceptors (Lipinski definition) is 4. The number of anilines is 1. The van der Waals surface area contributed by atoms with Crippen LogP contribution in [-0.4, -0.2) is 24.5 Å². The summed E-state index contributed by atoms with van der Waals surface area (Å²) in [6.45, 7) is 3.53. The minimum atomic E-state index is -0.180. The molecule has 2 N–H and O–H groups in total. The molecule has 122 valence electrons. The molecule has 23 heavy (non-hydrogen) atoms. The van der Waals surface area contributed by atoms with Gasteiger partial charge in [0.05, 0.1) is 19.0 Å². The van der Waals surface area contributed by atoms with Crippen LogP contribution in [0.3, 0.4) is 0 Å². The number of amides is 1. The SMILES string of the molecule is CCCCNc1ccc(C(=O)NCc2ccc(OC)cc2)nc1. The minimum Gasteiger partial charge on any atom is -0.497 e. The molecule has 0 saturated heterocycles. The van der Waals surface area contributed by atoms with Gasteiger partial charge in [-0.15, -0.1) is 0 Å². The number of carbonyl (C=O) groups is 1. The Labute approximate surface area is 137 Å². The van der Waals surface area contributed by atoms with Gasteiger partial charge in [0.2, 0.25) is 0 Å². The first-order valence-corrected chi connectivity index (χ1v) is 7.84. The predicted molar refractivity (Wildman–Crippen MR) is 91.8 cm³/mol. The van der Waals surface area contributed by atoms with Crippen molar-refractivity contribution in [1.29, 1.82) is 0 Å². The van der Waals surface area contributed by atoms with Crippen molar-refractivity contribution in [2.24, 2.45) is 0 Å². The molecule has 0 aliphatic rings. The van der Waals surface area contributed by atoms with E-state index in [0.717, 1.165) is 36.4 Å². The quantitative estimate of drug-likeness (QED) is 0.734. The van der Waals surface area contributed by atoms with E-state index >= 15 is 0 Å². The summed E-state index contributed by atoms with van der Waals surface area (Å²) in [6, 6.07) is 11.2. The molecule has 0 fully saturated rings. The van der Waals surface area contributed by atoms with Gasteiger partial charge in [-0.2, -0.15) is 0 Å². The largest absolute Gasteiger partial charge is 0.497 e. The van der Waals surface area contributed by atoms with Crippen LogP contribution in [0.2, 0.25) is 0 Å². The van der Waals surface area contributed by atoms with Gasteiger partial charge >= 0.3 is 0 Å². The van der Waals surface area contributed by atoms with Crippen molar-refractivity contribution >= 4 is 11.6 Å². The molecule has 1 amide bonds.